The molecule has 1 aromatic heterocycles. The van der Waals surface area contributed by atoms with E-state index < -0.39 is 0 Å². The van der Waals surface area contributed by atoms with Gasteiger partial charge >= 0.3 is 5.97 Å². The number of carbonyl (C=O) groups excluding carboxylic acids is 2. The van der Waals surface area contributed by atoms with Crippen LogP contribution in [0.25, 0.3) is 0 Å². The van der Waals surface area contributed by atoms with Crippen LogP contribution in [0.1, 0.15) is 37.0 Å². The molecule has 7 heteroatoms. The maximum Gasteiger partial charge on any atom is 0.308 e. The van der Waals surface area contributed by atoms with E-state index in [-0.39, 0.29) is 17.8 Å². The highest BCUT2D eigenvalue weighted by atomic mass is 16.5. The molecule has 1 aromatic rings. The van der Waals surface area contributed by atoms with Gasteiger partial charge in [-0.3, -0.25) is 14.3 Å². The minimum absolute atomic E-state index is 0.0912. The van der Waals surface area contributed by atoms with Gasteiger partial charge in [-0.15, -0.1) is 5.10 Å². The molecule has 2 heterocycles. The van der Waals surface area contributed by atoms with Crippen LogP contribution in [0.15, 0.2) is 6.20 Å². The molecule has 0 N–H and O–H groups in total. The number of hydrogen-bond donors (Lipinski definition) is 0. The maximum atomic E-state index is 12.6. The Balaban J connectivity index is 2.06. The lowest BCUT2D eigenvalue weighted by molar-refractivity contribution is -0.146. The van der Waals surface area contributed by atoms with Gasteiger partial charge in [0.1, 0.15) is 5.56 Å². The van der Waals surface area contributed by atoms with Crippen LogP contribution in [0.2, 0.25) is 0 Å². The molecule has 0 spiro atoms. The van der Waals surface area contributed by atoms with E-state index in [9.17, 15) is 9.59 Å². The average molecular weight is 309 g/mol. The molecule has 2 rings (SSSR count). The third kappa shape index (κ3) is 3.40. The third-order valence-corrected chi connectivity index (χ3v) is 3.88. The summed E-state index contributed by atoms with van der Waals surface area (Å²) < 4.78 is 11.9. The van der Waals surface area contributed by atoms with Gasteiger partial charge in [0, 0.05) is 25.8 Å². The normalized spacial score (nSPS) is 15.7. The fourth-order valence-electron chi connectivity index (χ4n) is 2.61. The summed E-state index contributed by atoms with van der Waals surface area (Å²) in [7, 11) is 1.40. The zero-order chi connectivity index (χ0) is 16.1. The van der Waals surface area contributed by atoms with Gasteiger partial charge in [0.2, 0.25) is 5.88 Å². The van der Waals surface area contributed by atoms with E-state index in [4.69, 9.17) is 9.47 Å². The van der Waals surface area contributed by atoms with Crippen molar-refractivity contribution in [3.8, 4) is 5.88 Å². The fourth-order valence-corrected chi connectivity index (χ4v) is 2.61. The molecule has 0 bridgehead atoms. The predicted octanol–water partition coefficient (Wildman–Crippen LogP) is 1.33. The van der Waals surface area contributed by atoms with Gasteiger partial charge in [-0.2, -0.15) is 0 Å². The molecule has 1 amide bonds. The van der Waals surface area contributed by atoms with Gasteiger partial charge in [-0.25, -0.2) is 0 Å². The van der Waals surface area contributed by atoms with Gasteiger partial charge in [-0.05, 0) is 26.7 Å². The highest BCUT2D eigenvalue weighted by molar-refractivity contribution is 5.96. The lowest BCUT2D eigenvalue weighted by Crippen LogP contribution is -2.40. The second-order valence-corrected chi connectivity index (χ2v) is 5.23. The second-order valence-electron chi connectivity index (χ2n) is 5.23. The van der Waals surface area contributed by atoms with Gasteiger partial charge < -0.3 is 14.4 Å². The molecular weight excluding hydrogens is 286 g/mol. The molecule has 7 nitrogen and oxygen atoms in total. The first-order valence-electron chi connectivity index (χ1n) is 7.68. The first-order chi connectivity index (χ1) is 10.6. The number of hydrogen-bond acceptors (Lipinski definition) is 5. The van der Waals surface area contributed by atoms with Crippen molar-refractivity contribution in [3.05, 3.63) is 11.8 Å². The Morgan fingerprint density at radius 3 is 2.55 bits per heavy atom. The predicted molar refractivity (Wildman–Crippen MR) is 79.7 cm³/mol. The van der Waals surface area contributed by atoms with Crippen molar-refractivity contribution in [3.63, 3.8) is 0 Å². The Morgan fingerprint density at radius 1 is 1.32 bits per heavy atom. The van der Waals surface area contributed by atoms with E-state index in [0.717, 1.165) is 0 Å². The van der Waals surface area contributed by atoms with Gasteiger partial charge in [-0.1, -0.05) is 0 Å². The van der Waals surface area contributed by atoms with Crippen LogP contribution in [0, 0.1) is 5.92 Å². The molecule has 0 radical (unpaired) electrons. The first kappa shape index (κ1) is 16.3. The van der Waals surface area contributed by atoms with E-state index in [2.05, 4.69) is 5.10 Å². The van der Waals surface area contributed by atoms with Crippen molar-refractivity contribution in [2.24, 2.45) is 5.92 Å². The van der Waals surface area contributed by atoms with Gasteiger partial charge in [0.25, 0.3) is 5.91 Å². The standard InChI is InChI=1S/C15H23N3O4/c1-4-18-10-12(13(16-18)22-5-2)14(19)17-8-6-11(7-9-17)15(20)21-3/h10-11H,4-9H2,1-3H3. The number of piperidine rings is 1. The Bertz CT molecular complexity index is 533. The molecule has 1 aliphatic rings. The summed E-state index contributed by atoms with van der Waals surface area (Å²) in [5, 5.41) is 4.26. The van der Waals surface area contributed by atoms with Crippen LogP contribution < -0.4 is 4.74 Å². The van der Waals surface area contributed by atoms with E-state index >= 15 is 0 Å². The number of methoxy groups -OCH3 is 1. The summed E-state index contributed by atoms with van der Waals surface area (Å²) in [6, 6.07) is 0. The minimum Gasteiger partial charge on any atom is -0.476 e. The third-order valence-electron chi connectivity index (χ3n) is 3.88. The topological polar surface area (TPSA) is 73.7 Å². The monoisotopic (exact) mass is 309 g/mol. The fraction of sp³-hybridized carbons (Fsp3) is 0.667. The molecule has 1 saturated heterocycles. The Morgan fingerprint density at radius 2 is 2.00 bits per heavy atom. The van der Waals surface area contributed by atoms with Gasteiger partial charge in [0.05, 0.1) is 19.6 Å². The van der Waals surface area contributed by atoms with Crippen molar-refractivity contribution >= 4 is 11.9 Å². The summed E-state index contributed by atoms with van der Waals surface area (Å²) in [5.74, 6) is -0.0180. The number of aryl methyl sites for hydroxylation is 1. The maximum absolute atomic E-state index is 12.6. The number of amides is 1. The molecule has 0 atom stereocenters. The van der Waals surface area contributed by atoms with Crippen LogP contribution in [-0.4, -0.2) is 53.4 Å². The Labute approximate surface area is 130 Å². The van der Waals surface area contributed by atoms with E-state index in [1.54, 1.807) is 15.8 Å². The molecule has 22 heavy (non-hydrogen) atoms. The summed E-state index contributed by atoms with van der Waals surface area (Å²) in [6.45, 7) is 6.05. The largest absolute Gasteiger partial charge is 0.476 e. The van der Waals surface area contributed by atoms with Crippen molar-refractivity contribution in [2.75, 3.05) is 26.8 Å². The number of likely N-dealkylation sites (tertiary alicyclic amines) is 1. The van der Waals surface area contributed by atoms with Crippen molar-refractivity contribution in [2.45, 2.75) is 33.2 Å². The SMILES string of the molecule is CCOc1nn(CC)cc1C(=O)N1CCC(C(=O)OC)CC1. The zero-order valence-corrected chi connectivity index (χ0v) is 13.4. The second kappa shape index (κ2) is 7.29. The number of ether oxygens (including phenoxy) is 2. The number of nitrogens with zero attached hydrogens (tertiary/aromatic N) is 3. The van der Waals surface area contributed by atoms with Crippen LogP contribution in [0.4, 0.5) is 0 Å². The van der Waals surface area contributed by atoms with Crippen LogP contribution in [0.3, 0.4) is 0 Å². The average Bonchev–Trinajstić information content (AvgIpc) is 2.97. The summed E-state index contributed by atoms with van der Waals surface area (Å²) >= 11 is 0. The zero-order valence-electron chi connectivity index (χ0n) is 13.4. The molecule has 122 valence electrons. The minimum atomic E-state index is -0.194. The van der Waals surface area contributed by atoms with Crippen molar-refractivity contribution in [1.82, 2.24) is 14.7 Å². The number of esters is 1. The smallest absolute Gasteiger partial charge is 0.308 e. The lowest BCUT2D eigenvalue weighted by Gasteiger charge is -2.30. The first-order valence-corrected chi connectivity index (χ1v) is 7.68. The number of aromatic nitrogens is 2. The molecule has 0 aliphatic carbocycles. The molecule has 0 aromatic carbocycles. The quantitative estimate of drug-likeness (QED) is 0.767. The Kier molecular flexibility index (Phi) is 5.41. The number of carbonyl (C=O) groups is 2. The molecular formula is C15H23N3O4. The van der Waals surface area contributed by atoms with Crippen molar-refractivity contribution < 1.29 is 19.1 Å². The lowest BCUT2D eigenvalue weighted by atomic mass is 9.96. The van der Waals surface area contributed by atoms with Crippen molar-refractivity contribution in [1.29, 1.82) is 0 Å². The van der Waals surface area contributed by atoms with E-state index in [1.807, 2.05) is 13.8 Å². The van der Waals surface area contributed by atoms with Crippen LogP contribution in [-0.2, 0) is 16.1 Å². The summed E-state index contributed by atoms with van der Waals surface area (Å²) in [5.41, 5.74) is 0.486. The molecule has 1 fully saturated rings. The van der Waals surface area contributed by atoms with Crippen LogP contribution in [0.5, 0.6) is 5.88 Å². The Hall–Kier alpha value is -2.05. The van der Waals surface area contributed by atoms with Crippen LogP contribution >= 0.6 is 0 Å². The molecule has 1 aliphatic heterocycles. The number of rotatable bonds is 5. The van der Waals surface area contributed by atoms with E-state index in [0.29, 0.717) is 50.5 Å². The highest BCUT2D eigenvalue weighted by Crippen LogP contribution is 2.23. The van der Waals surface area contributed by atoms with E-state index in [1.165, 1.54) is 7.11 Å². The van der Waals surface area contributed by atoms with Gasteiger partial charge in [0.15, 0.2) is 0 Å². The molecule has 0 saturated carbocycles. The summed E-state index contributed by atoms with van der Waals surface area (Å²) in [6.07, 6.45) is 2.98. The highest BCUT2D eigenvalue weighted by Gasteiger charge is 2.30. The molecule has 0 unspecified atom stereocenters. The summed E-state index contributed by atoms with van der Waals surface area (Å²) in [4.78, 5) is 25.9.